The Morgan fingerprint density at radius 1 is 1.35 bits per heavy atom. The van der Waals surface area contributed by atoms with Gasteiger partial charge in [0.1, 0.15) is 5.82 Å². The fraction of sp³-hybridized carbons (Fsp3) is 0.727. The average Bonchev–Trinajstić information content (AvgIpc) is 2.54. The molecule has 2 heterocycles. The molecule has 1 N–H and O–H groups in total. The molecule has 17 heavy (non-hydrogen) atoms. The molecule has 0 fully saturated rings. The fourth-order valence-electron chi connectivity index (χ4n) is 1.95. The first kappa shape index (κ1) is 12.4. The molecular weight excluding hydrogens is 238 g/mol. The SMILES string of the molecule is O=C(O)CCCSc1nnc2n1CCCCC2. The number of aryl methyl sites for hydroxylation is 1. The number of nitrogens with zero attached hydrogens (tertiary/aromatic N) is 3. The first-order valence-electron chi connectivity index (χ1n) is 6.04. The number of hydrogen-bond donors (Lipinski definition) is 1. The maximum absolute atomic E-state index is 10.4. The van der Waals surface area contributed by atoms with Gasteiger partial charge >= 0.3 is 5.97 Å². The van der Waals surface area contributed by atoms with Crippen LogP contribution >= 0.6 is 11.8 Å². The summed E-state index contributed by atoms with van der Waals surface area (Å²) in [6.07, 6.45) is 5.57. The lowest BCUT2D eigenvalue weighted by Crippen LogP contribution is -2.03. The van der Waals surface area contributed by atoms with E-state index in [2.05, 4.69) is 14.8 Å². The second-order valence-electron chi connectivity index (χ2n) is 4.21. The van der Waals surface area contributed by atoms with Crippen molar-refractivity contribution < 1.29 is 9.90 Å². The Balaban J connectivity index is 1.88. The third-order valence-corrected chi connectivity index (χ3v) is 3.89. The lowest BCUT2D eigenvalue weighted by molar-refractivity contribution is -0.137. The minimum Gasteiger partial charge on any atom is -0.481 e. The molecule has 0 spiro atoms. The summed E-state index contributed by atoms with van der Waals surface area (Å²) in [5.41, 5.74) is 0. The van der Waals surface area contributed by atoms with Crippen molar-refractivity contribution in [2.45, 2.75) is 50.2 Å². The normalized spacial score (nSPS) is 15.3. The van der Waals surface area contributed by atoms with Gasteiger partial charge < -0.3 is 9.67 Å². The second-order valence-corrected chi connectivity index (χ2v) is 5.27. The van der Waals surface area contributed by atoms with E-state index in [1.54, 1.807) is 11.8 Å². The van der Waals surface area contributed by atoms with Crippen LogP contribution in [0.2, 0.25) is 0 Å². The lowest BCUT2D eigenvalue weighted by atomic mass is 10.2. The van der Waals surface area contributed by atoms with Crippen LogP contribution in [-0.4, -0.2) is 31.6 Å². The van der Waals surface area contributed by atoms with Crippen molar-refractivity contribution in [2.24, 2.45) is 0 Å². The quantitative estimate of drug-likeness (QED) is 0.643. The molecule has 0 atom stereocenters. The van der Waals surface area contributed by atoms with E-state index in [0.29, 0.717) is 6.42 Å². The van der Waals surface area contributed by atoms with Crippen LogP contribution in [0, 0.1) is 0 Å². The third kappa shape index (κ3) is 3.46. The lowest BCUT2D eigenvalue weighted by Gasteiger charge is -2.05. The van der Waals surface area contributed by atoms with Crippen molar-refractivity contribution in [3.05, 3.63) is 5.82 Å². The maximum Gasteiger partial charge on any atom is 0.303 e. The van der Waals surface area contributed by atoms with E-state index in [-0.39, 0.29) is 6.42 Å². The monoisotopic (exact) mass is 255 g/mol. The van der Waals surface area contributed by atoms with Crippen LogP contribution in [0.4, 0.5) is 0 Å². The molecule has 0 saturated carbocycles. The molecule has 6 heteroatoms. The Morgan fingerprint density at radius 3 is 3.06 bits per heavy atom. The largest absolute Gasteiger partial charge is 0.481 e. The van der Waals surface area contributed by atoms with E-state index in [0.717, 1.165) is 29.7 Å². The van der Waals surface area contributed by atoms with Crippen LogP contribution in [0.15, 0.2) is 5.16 Å². The van der Waals surface area contributed by atoms with Crippen LogP contribution in [0.5, 0.6) is 0 Å². The van der Waals surface area contributed by atoms with Gasteiger partial charge in [-0.2, -0.15) is 0 Å². The summed E-state index contributed by atoms with van der Waals surface area (Å²) >= 11 is 1.62. The molecule has 1 aliphatic heterocycles. The summed E-state index contributed by atoms with van der Waals surface area (Å²) in [6.45, 7) is 1.00. The molecule has 1 aromatic heterocycles. The van der Waals surface area contributed by atoms with E-state index in [1.807, 2.05) is 0 Å². The van der Waals surface area contributed by atoms with Gasteiger partial charge in [-0.15, -0.1) is 10.2 Å². The summed E-state index contributed by atoms with van der Waals surface area (Å²) in [5.74, 6) is 1.15. The van der Waals surface area contributed by atoms with Crippen LogP contribution in [-0.2, 0) is 17.8 Å². The van der Waals surface area contributed by atoms with Gasteiger partial charge in [0.25, 0.3) is 0 Å². The van der Waals surface area contributed by atoms with E-state index in [9.17, 15) is 4.79 Å². The van der Waals surface area contributed by atoms with Gasteiger partial charge in [0.15, 0.2) is 5.16 Å². The van der Waals surface area contributed by atoms with E-state index in [4.69, 9.17) is 5.11 Å². The first-order valence-corrected chi connectivity index (χ1v) is 7.02. The van der Waals surface area contributed by atoms with Crippen molar-refractivity contribution >= 4 is 17.7 Å². The van der Waals surface area contributed by atoms with E-state index < -0.39 is 5.97 Å². The molecule has 0 unspecified atom stereocenters. The van der Waals surface area contributed by atoms with Crippen molar-refractivity contribution in [1.82, 2.24) is 14.8 Å². The Kier molecular flexibility index (Phi) is 4.42. The van der Waals surface area contributed by atoms with Crippen LogP contribution < -0.4 is 0 Å². The summed E-state index contributed by atoms with van der Waals surface area (Å²) in [4.78, 5) is 10.4. The number of aliphatic carboxylic acids is 1. The molecule has 1 aromatic rings. The molecule has 1 aliphatic rings. The molecule has 0 aliphatic carbocycles. The molecule has 5 nitrogen and oxygen atoms in total. The smallest absolute Gasteiger partial charge is 0.303 e. The van der Waals surface area contributed by atoms with Gasteiger partial charge in [-0.25, -0.2) is 0 Å². The molecule has 2 rings (SSSR count). The fourth-order valence-corrected chi connectivity index (χ4v) is 2.87. The van der Waals surface area contributed by atoms with E-state index >= 15 is 0 Å². The summed E-state index contributed by atoms with van der Waals surface area (Å²) in [7, 11) is 0. The number of fused-ring (bicyclic) bond motifs is 1. The summed E-state index contributed by atoms with van der Waals surface area (Å²) in [5, 5.41) is 17.9. The van der Waals surface area contributed by atoms with E-state index in [1.165, 1.54) is 19.3 Å². The molecule has 0 amide bonds. The van der Waals surface area contributed by atoms with Crippen molar-refractivity contribution in [3.63, 3.8) is 0 Å². The van der Waals surface area contributed by atoms with Gasteiger partial charge in [0.2, 0.25) is 0 Å². The average molecular weight is 255 g/mol. The molecule has 0 saturated heterocycles. The van der Waals surface area contributed by atoms with Crippen molar-refractivity contribution in [2.75, 3.05) is 5.75 Å². The van der Waals surface area contributed by atoms with Gasteiger partial charge in [0, 0.05) is 25.1 Å². The third-order valence-electron chi connectivity index (χ3n) is 2.84. The Bertz CT molecular complexity index is 392. The molecular formula is C11H17N3O2S. The number of carboxylic acid groups (broad SMARTS) is 1. The number of hydrogen-bond acceptors (Lipinski definition) is 4. The van der Waals surface area contributed by atoms with Gasteiger partial charge in [-0.1, -0.05) is 18.2 Å². The molecule has 0 bridgehead atoms. The standard InChI is InChI=1S/C11H17N3O2S/c15-10(16)6-4-8-17-11-13-12-9-5-2-1-3-7-14(9)11/h1-8H2,(H,15,16). The summed E-state index contributed by atoms with van der Waals surface area (Å²) in [6, 6.07) is 0. The van der Waals surface area contributed by atoms with Crippen LogP contribution in [0.3, 0.4) is 0 Å². The molecule has 94 valence electrons. The zero-order valence-corrected chi connectivity index (χ0v) is 10.6. The van der Waals surface area contributed by atoms with Gasteiger partial charge in [-0.05, 0) is 19.3 Å². The Hall–Kier alpha value is -1.04. The second kappa shape index (κ2) is 6.05. The summed E-state index contributed by atoms with van der Waals surface area (Å²) < 4.78 is 2.19. The maximum atomic E-state index is 10.4. The minimum atomic E-state index is -0.731. The molecule has 0 radical (unpaired) electrons. The zero-order valence-electron chi connectivity index (χ0n) is 9.76. The number of carbonyl (C=O) groups is 1. The van der Waals surface area contributed by atoms with Crippen LogP contribution in [0.1, 0.15) is 37.9 Å². The highest BCUT2D eigenvalue weighted by Crippen LogP contribution is 2.22. The number of carboxylic acids is 1. The van der Waals surface area contributed by atoms with Crippen LogP contribution in [0.25, 0.3) is 0 Å². The first-order chi connectivity index (χ1) is 8.27. The number of rotatable bonds is 5. The predicted molar refractivity (Wildman–Crippen MR) is 65.2 cm³/mol. The minimum absolute atomic E-state index is 0.230. The number of thioether (sulfide) groups is 1. The van der Waals surface area contributed by atoms with Crippen molar-refractivity contribution in [3.8, 4) is 0 Å². The number of aromatic nitrogens is 3. The molecule has 0 aromatic carbocycles. The Labute approximate surface area is 105 Å². The van der Waals surface area contributed by atoms with Crippen molar-refractivity contribution in [1.29, 1.82) is 0 Å². The van der Waals surface area contributed by atoms with Gasteiger partial charge in [0.05, 0.1) is 0 Å². The topological polar surface area (TPSA) is 68.0 Å². The predicted octanol–water partition coefficient (Wildman–Crippen LogP) is 1.96. The highest BCUT2D eigenvalue weighted by molar-refractivity contribution is 7.99. The highest BCUT2D eigenvalue weighted by Gasteiger charge is 2.14. The zero-order chi connectivity index (χ0) is 12.1. The highest BCUT2D eigenvalue weighted by atomic mass is 32.2. The van der Waals surface area contributed by atoms with Gasteiger partial charge in [-0.3, -0.25) is 4.79 Å². The Morgan fingerprint density at radius 2 is 2.24 bits per heavy atom.